The first-order valence-electron chi connectivity index (χ1n) is 8.18. The van der Waals surface area contributed by atoms with Gasteiger partial charge in [-0.05, 0) is 31.4 Å². The van der Waals surface area contributed by atoms with E-state index in [9.17, 15) is 0 Å². The maximum absolute atomic E-state index is 5.91. The Hall–Kier alpha value is -1.94. The van der Waals surface area contributed by atoms with Crippen LogP contribution in [0.15, 0.2) is 36.5 Å². The molecule has 1 saturated heterocycles. The van der Waals surface area contributed by atoms with E-state index in [0.717, 1.165) is 35.9 Å². The number of hydrogen-bond donors (Lipinski definition) is 1. The van der Waals surface area contributed by atoms with E-state index < -0.39 is 0 Å². The Kier molecular flexibility index (Phi) is 4.68. The van der Waals surface area contributed by atoms with Gasteiger partial charge in [0.2, 0.25) is 5.95 Å². The third kappa shape index (κ3) is 3.45. The highest BCUT2D eigenvalue weighted by atomic mass is 15.2. The monoisotopic (exact) mass is 296 g/mol. The first-order chi connectivity index (χ1) is 10.7. The molecule has 2 N–H and O–H groups in total. The zero-order valence-corrected chi connectivity index (χ0v) is 13.2. The average molecular weight is 296 g/mol. The van der Waals surface area contributed by atoms with Crippen LogP contribution >= 0.6 is 0 Å². The number of nitrogens with two attached hydrogens (primary N) is 1. The van der Waals surface area contributed by atoms with Gasteiger partial charge in [-0.3, -0.25) is 0 Å². The summed E-state index contributed by atoms with van der Waals surface area (Å²) in [4.78, 5) is 11.5. The van der Waals surface area contributed by atoms with E-state index in [1.807, 2.05) is 19.2 Å². The maximum atomic E-state index is 5.91. The molecule has 22 heavy (non-hydrogen) atoms. The largest absolute Gasteiger partial charge is 0.341 e. The van der Waals surface area contributed by atoms with Gasteiger partial charge in [-0.25, -0.2) is 9.97 Å². The molecular formula is C18H24N4. The van der Waals surface area contributed by atoms with E-state index >= 15 is 0 Å². The molecule has 3 rings (SSSR count). The van der Waals surface area contributed by atoms with Gasteiger partial charge >= 0.3 is 0 Å². The van der Waals surface area contributed by atoms with Crippen LogP contribution in [0.1, 0.15) is 44.2 Å². The molecule has 4 nitrogen and oxygen atoms in total. The molecule has 0 saturated carbocycles. The second-order valence-electron chi connectivity index (χ2n) is 6.05. The third-order valence-electron chi connectivity index (χ3n) is 4.26. The molecule has 1 atom stereocenters. The lowest BCUT2D eigenvalue weighted by molar-refractivity contribution is 0.726. The molecule has 0 radical (unpaired) electrons. The summed E-state index contributed by atoms with van der Waals surface area (Å²) in [7, 11) is 0. The van der Waals surface area contributed by atoms with Gasteiger partial charge in [0.05, 0.1) is 5.69 Å². The van der Waals surface area contributed by atoms with Gasteiger partial charge in [-0.2, -0.15) is 0 Å². The fraction of sp³-hybridized carbons (Fsp3) is 0.444. The second-order valence-corrected chi connectivity index (χ2v) is 6.05. The lowest BCUT2D eigenvalue weighted by Gasteiger charge is -2.20. The van der Waals surface area contributed by atoms with Crippen molar-refractivity contribution in [3.05, 3.63) is 42.1 Å². The molecular weight excluding hydrogens is 272 g/mol. The molecule has 4 heteroatoms. The van der Waals surface area contributed by atoms with Crippen molar-refractivity contribution in [3.63, 3.8) is 0 Å². The molecule has 0 bridgehead atoms. The van der Waals surface area contributed by atoms with Gasteiger partial charge in [0.25, 0.3) is 0 Å². The molecule has 0 spiro atoms. The first-order valence-corrected chi connectivity index (χ1v) is 8.18. The highest BCUT2D eigenvalue weighted by molar-refractivity contribution is 5.60. The summed E-state index contributed by atoms with van der Waals surface area (Å²) < 4.78 is 0. The summed E-state index contributed by atoms with van der Waals surface area (Å²) in [6.07, 6.45) is 6.96. The Labute approximate surface area is 132 Å². The Balaban J connectivity index is 1.83. The van der Waals surface area contributed by atoms with Crippen molar-refractivity contribution in [3.8, 4) is 11.3 Å². The molecule has 2 aromatic rings. The predicted molar refractivity (Wildman–Crippen MR) is 90.8 cm³/mol. The number of benzene rings is 1. The van der Waals surface area contributed by atoms with Crippen molar-refractivity contribution in [1.82, 2.24) is 9.97 Å². The number of aromatic nitrogens is 2. The number of rotatable bonds is 3. The van der Waals surface area contributed by atoms with Gasteiger partial charge in [-0.1, -0.05) is 37.1 Å². The minimum absolute atomic E-state index is 0.0621. The van der Waals surface area contributed by atoms with Gasteiger partial charge < -0.3 is 10.6 Å². The standard InChI is InChI=1S/C18H24N4/c1-14(19)15-6-8-16(9-7-15)17-10-11-20-18(21-17)22-12-4-2-3-5-13-22/h6-11,14H,2-5,12-13,19H2,1H3. The van der Waals surface area contributed by atoms with Crippen molar-refractivity contribution < 1.29 is 0 Å². The lowest BCUT2D eigenvalue weighted by atomic mass is 10.1. The first kappa shape index (κ1) is 15.0. The molecule has 0 aliphatic carbocycles. The van der Waals surface area contributed by atoms with Crippen LogP contribution in [0.5, 0.6) is 0 Å². The van der Waals surface area contributed by atoms with Crippen LogP contribution in [0.2, 0.25) is 0 Å². The fourth-order valence-corrected chi connectivity index (χ4v) is 2.89. The zero-order chi connectivity index (χ0) is 15.4. The van der Waals surface area contributed by atoms with E-state index in [2.05, 4.69) is 34.1 Å². The highest BCUT2D eigenvalue weighted by Gasteiger charge is 2.13. The normalized spacial score (nSPS) is 17.1. The van der Waals surface area contributed by atoms with E-state index in [-0.39, 0.29) is 6.04 Å². The Bertz CT molecular complexity index is 599. The molecule has 0 amide bonds. The van der Waals surface area contributed by atoms with Crippen molar-refractivity contribution in [2.24, 2.45) is 5.73 Å². The number of nitrogens with zero attached hydrogens (tertiary/aromatic N) is 3. The molecule has 1 aromatic heterocycles. The molecule has 1 unspecified atom stereocenters. The fourth-order valence-electron chi connectivity index (χ4n) is 2.89. The van der Waals surface area contributed by atoms with Crippen LogP contribution in [-0.4, -0.2) is 23.1 Å². The summed E-state index contributed by atoms with van der Waals surface area (Å²) in [6.45, 7) is 4.12. The number of hydrogen-bond acceptors (Lipinski definition) is 4. The van der Waals surface area contributed by atoms with Crippen molar-refractivity contribution in [2.75, 3.05) is 18.0 Å². The summed E-state index contributed by atoms with van der Waals surface area (Å²) >= 11 is 0. The lowest BCUT2D eigenvalue weighted by Crippen LogP contribution is -2.26. The summed E-state index contributed by atoms with van der Waals surface area (Å²) in [5, 5.41) is 0. The van der Waals surface area contributed by atoms with Crippen molar-refractivity contribution in [2.45, 2.75) is 38.6 Å². The van der Waals surface area contributed by atoms with Crippen LogP contribution < -0.4 is 10.6 Å². The van der Waals surface area contributed by atoms with E-state index in [0.29, 0.717) is 0 Å². The van der Waals surface area contributed by atoms with Gasteiger partial charge in [-0.15, -0.1) is 0 Å². The Morgan fingerprint density at radius 3 is 2.32 bits per heavy atom. The minimum atomic E-state index is 0.0621. The Morgan fingerprint density at radius 1 is 1.00 bits per heavy atom. The third-order valence-corrected chi connectivity index (χ3v) is 4.26. The zero-order valence-electron chi connectivity index (χ0n) is 13.2. The minimum Gasteiger partial charge on any atom is -0.341 e. The van der Waals surface area contributed by atoms with Crippen LogP contribution in [0.3, 0.4) is 0 Å². The van der Waals surface area contributed by atoms with E-state index in [4.69, 9.17) is 10.7 Å². The summed E-state index contributed by atoms with van der Waals surface area (Å²) in [6, 6.07) is 10.4. The van der Waals surface area contributed by atoms with Crippen LogP contribution in [0.4, 0.5) is 5.95 Å². The second kappa shape index (κ2) is 6.88. The highest BCUT2D eigenvalue weighted by Crippen LogP contribution is 2.22. The van der Waals surface area contributed by atoms with Crippen LogP contribution in [0, 0.1) is 0 Å². The molecule has 116 valence electrons. The van der Waals surface area contributed by atoms with Gasteiger partial charge in [0.1, 0.15) is 0 Å². The van der Waals surface area contributed by atoms with E-state index in [1.54, 1.807) is 0 Å². The molecule has 1 aliphatic heterocycles. The molecule has 2 heterocycles. The number of anilines is 1. The molecule has 1 fully saturated rings. The Morgan fingerprint density at radius 2 is 1.68 bits per heavy atom. The SMILES string of the molecule is CC(N)c1ccc(-c2ccnc(N3CCCCCC3)n2)cc1. The van der Waals surface area contributed by atoms with E-state index in [1.165, 1.54) is 25.7 Å². The van der Waals surface area contributed by atoms with Crippen LogP contribution in [0.25, 0.3) is 11.3 Å². The smallest absolute Gasteiger partial charge is 0.225 e. The maximum Gasteiger partial charge on any atom is 0.225 e. The van der Waals surface area contributed by atoms with Crippen molar-refractivity contribution >= 4 is 5.95 Å². The quantitative estimate of drug-likeness (QED) is 0.941. The summed E-state index contributed by atoms with van der Waals surface area (Å²) in [5.41, 5.74) is 9.14. The van der Waals surface area contributed by atoms with Crippen LogP contribution in [-0.2, 0) is 0 Å². The molecule has 1 aromatic carbocycles. The van der Waals surface area contributed by atoms with Crippen molar-refractivity contribution in [1.29, 1.82) is 0 Å². The van der Waals surface area contributed by atoms with Gasteiger partial charge in [0, 0.05) is 30.9 Å². The van der Waals surface area contributed by atoms with Gasteiger partial charge in [0.15, 0.2) is 0 Å². The topological polar surface area (TPSA) is 55.0 Å². The predicted octanol–water partition coefficient (Wildman–Crippen LogP) is 3.54. The molecule has 1 aliphatic rings. The summed E-state index contributed by atoms with van der Waals surface area (Å²) in [5.74, 6) is 0.857. The average Bonchev–Trinajstić information content (AvgIpc) is 2.84.